The molecule has 1 aliphatic heterocycles. The van der Waals surface area contributed by atoms with E-state index in [9.17, 15) is 0 Å². The monoisotopic (exact) mass is 470 g/mol. The summed E-state index contributed by atoms with van der Waals surface area (Å²) in [6.07, 6.45) is 3.92. The first-order valence-electron chi connectivity index (χ1n) is 10.6. The fourth-order valence-electron chi connectivity index (χ4n) is 4.05. The quantitative estimate of drug-likeness (QED) is 0.355. The zero-order chi connectivity index (χ0) is 22.7. The molecular formula is C24H27ClN4O2S. The van der Waals surface area contributed by atoms with Crippen LogP contribution in [0.1, 0.15) is 43.4 Å². The number of methoxy groups -OCH3 is 1. The second kappa shape index (κ2) is 9.90. The number of thiocarbonyl (C=S) groups is 1. The molecule has 1 N–H and O–H groups in total. The molecule has 0 saturated carbocycles. The molecule has 8 heteroatoms. The molecule has 3 aromatic rings. The van der Waals surface area contributed by atoms with Crippen LogP contribution in [0.3, 0.4) is 0 Å². The number of nitrogens with zero attached hydrogens (tertiary/aromatic N) is 3. The molecule has 1 saturated heterocycles. The van der Waals surface area contributed by atoms with Gasteiger partial charge in [0, 0.05) is 36.9 Å². The molecule has 2 aromatic heterocycles. The summed E-state index contributed by atoms with van der Waals surface area (Å²) in [5.74, 6) is 0.619. The van der Waals surface area contributed by atoms with Crippen molar-refractivity contribution in [3.05, 3.63) is 77.3 Å². The first kappa shape index (κ1) is 22.6. The van der Waals surface area contributed by atoms with E-state index in [-0.39, 0.29) is 12.1 Å². The lowest BCUT2D eigenvalue weighted by Gasteiger charge is -2.30. The van der Waals surface area contributed by atoms with Gasteiger partial charge in [0.2, 0.25) is 0 Å². The van der Waals surface area contributed by atoms with Gasteiger partial charge in [-0.1, -0.05) is 17.7 Å². The minimum Gasteiger partial charge on any atom is -0.490 e. The van der Waals surface area contributed by atoms with Crippen LogP contribution < -0.4 is 15.0 Å². The van der Waals surface area contributed by atoms with E-state index in [4.69, 9.17) is 33.3 Å². The Bertz CT molecular complexity index is 1070. The number of hydrogen-bond donors (Lipinski definition) is 1. The zero-order valence-electron chi connectivity index (χ0n) is 18.4. The predicted octanol–water partition coefficient (Wildman–Crippen LogP) is 5.32. The van der Waals surface area contributed by atoms with E-state index in [2.05, 4.69) is 51.9 Å². The lowest BCUT2D eigenvalue weighted by atomic mass is 10.0. The standard InChI is InChI=1S/C24H27ClN4O2S/c1-16(2)28-12-6-8-20(28)23-22(19-7-4-5-11-26-19)27-24(32)29(23)17-9-10-21(18(25)15-17)31-14-13-30-3/h4-12,15-16,22-23H,13-14H2,1-3H3,(H,27,32)/t22-,23-/m0/s1. The third-order valence-electron chi connectivity index (χ3n) is 5.51. The van der Waals surface area contributed by atoms with Gasteiger partial charge in [0.15, 0.2) is 5.11 Å². The fourth-order valence-corrected chi connectivity index (χ4v) is 4.63. The van der Waals surface area contributed by atoms with E-state index in [0.29, 0.717) is 35.1 Å². The van der Waals surface area contributed by atoms with Crippen LogP contribution in [0.15, 0.2) is 60.9 Å². The molecule has 1 fully saturated rings. The van der Waals surface area contributed by atoms with Gasteiger partial charge in [-0.2, -0.15) is 0 Å². The molecule has 0 spiro atoms. The van der Waals surface area contributed by atoms with Crippen molar-refractivity contribution in [2.45, 2.75) is 32.0 Å². The Hall–Kier alpha value is -2.61. The number of benzene rings is 1. The smallest absolute Gasteiger partial charge is 0.174 e. The minimum atomic E-state index is -0.104. The van der Waals surface area contributed by atoms with Crippen LogP contribution in [-0.4, -0.2) is 35.0 Å². The second-order valence-corrected chi connectivity index (χ2v) is 8.68. The Kier molecular flexibility index (Phi) is 6.98. The Morgan fingerprint density at radius 1 is 1.16 bits per heavy atom. The molecule has 0 aliphatic carbocycles. The van der Waals surface area contributed by atoms with E-state index < -0.39 is 0 Å². The lowest BCUT2D eigenvalue weighted by Crippen LogP contribution is -2.30. The number of nitrogens with one attached hydrogen (secondary N) is 1. The van der Waals surface area contributed by atoms with Crippen LogP contribution in [0.25, 0.3) is 0 Å². The number of pyridine rings is 1. The molecule has 0 amide bonds. The van der Waals surface area contributed by atoms with Gasteiger partial charge in [-0.05, 0) is 68.5 Å². The number of aromatic nitrogens is 2. The number of anilines is 1. The third-order valence-corrected chi connectivity index (χ3v) is 6.12. The maximum absolute atomic E-state index is 6.57. The van der Waals surface area contributed by atoms with Gasteiger partial charge in [0.25, 0.3) is 0 Å². The van der Waals surface area contributed by atoms with Crippen molar-refractivity contribution in [2.24, 2.45) is 0 Å². The largest absolute Gasteiger partial charge is 0.490 e. The highest BCUT2D eigenvalue weighted by molar-refractivity contribution is 7.80. The van der Waals surface area contributed by atoms with Crippen LogP contribution in [-0.2, 0) is 4.74 Å². The number of hydrogen-bond acceptors (Lipinski definition) is 4. The SMILES string of the molecule is COCCOc1ccc(N2C(=S)N[C@@H](c3ccccn3)[C@@H]2c2cccn2C(C)C)cc1Cl. The van der Waals surface area contributed by atoms with Gasteiger partial charge in [-0.15, -0.1) is 0 Å². The van der Waals surface area contributed by atoms with Gasteiger partial charge in [-0.3, -0.25) is 4.98 Å². The van der Waals surface area contributed by atoms with E-state index in [0.717, 1.165) is 17.1 Å². The van der Waals surface area contributed by atoms with Gasteiger partial charge < -0.3 is 24.3 Å². The topological polar surface area (TPSA) is 51.6 Å². The third kappa shape index (κ3) is 4.46. The molecule has 0 unspecified atom stereocenters. The molecule has 3 heterocycles. The summed E-state index contributed by atoms with van der Waals surface area (Å²) in [5.41, 5.74) is 2.98. The normalized spacial score (nSPS) is 18.3. The Labute approximate surface area is 199 Å². The van der Waals surface area contributed by atoms with Gasteiger partial charge in [0.1, 0.15) is 18.4 Å². The van der Waals surface area contributed by atoms with E-state index >= 15 is 0 Å². The highest BCUT2D eigenvalue weighted by atomic mass is 35.5. The number of halogens is 1. The van der Waals surface area contributed by atoms with Crippen molar-refractivity contribution in [3.8, 4) is 5.75 Å². The summed E-state index contributed by atoms with van der Waals surface area (Å²) in [6.45, 7) is 5.28. The molecule has 2 atom stereocenters. The highest BCUT2D eigenvalue weighted by Gasteiger charge is 2.42. The zero-order valence-corrected chi connectivity index (χ0v) is 19.9. The highest BCUT2D eigenvalue weighted by Crippen LogP contribution is 2.43. The maximum Gasteiger partial charge on any atom is 0.174 e. The summed E-state index contributed by atoms with van der Waals surface area (Å²) < 4.78 is 13.0. The molecule has 6 nitrogen and oxygen atoms in total. The van der Waals surface area contributed by atoms with Crippen LogP contribution in [0.2, 0.25) is 5.02 Å². The average Bonchev–Trinajstić information content (AvgIpc) is 3.40. The van der Waals surface area contributed by atoms with Crippen LogP contribution >= 0.6 is 23.8 Å². The second-order valence-electron chi connectivity index (χ2n) is 7.89. The maximum atomic E-state index is 6.57. The van der Waals surface area contributed by atoms with Crippen molar-refractivity contribution in [2.75, 3.05) is 25.2 Å². The van der Waals surface area contributed by atoms with Gasteiger partial charge >= 0.3 is 0 Å². The summed E-state index contributed by atoms with van der Waals surface area (Å²) in [6, 6.07) is 16.0. The Morgan fingerprint density at radius 3 is 2.69 bits per heavy atom. The first-order valence-corrected chi connectivity index (χ1v) is 11.4. The first-order chi connectivity index (χ1) is 15.5. The van der Waals surface area contributed by atoms with E-state index in [1.165, 1.54) is 0 Å². The molecule has 0 radical (unpaired) electrons. The number of rotatable bonds is 8. The molecule has 1 aliphatic rings. The summed E-state index contributed by atoms with van der Waals surface area (Å²) in [4.78, 5) is 6.73. The molecule has 1 aromatic carbocycles. The van der Waals surface area contributed by atoms with Crippen molar-refractivity contribution in [1.82, 2.24) is 14.9 Å². The van der Waals surface area contributed by atoms with E-state index in [1.54, 1.807) is 7.11 Å². The van der Waals surface area contributed by atoms with E-state index in [1.807, 2.05) is 42.6 Å². The van der Waals surface area contributed by atoms with Crippen LogP contribution in [0.5, 0.6) is 5.75 Å². The molecule has 4 rings (SSSR count). The molecule has 32 heavy (non-hydrogen) atoms. The lowest BCUT2D eigenvalue weighted by molar-refractivity contribution is 0.146. The molecular weight excluding hydrogens is 444 g/mol. The Morgan fingerprint density at radius 2 is 2.00 bits per heavy atom. The van der Waals surface area contributed by atoms with Crippen molar-refractivity contribution in [3.63, 3.8) is 0 Å². The van der Waals surface area contributed by atoms with Crippen molar-refractivity contribution < 1.29 is 9.47 Å². The summed E-state index contributed by atoms with van der Waals surface area (Å²) in [7, 11) is 1.64. The van der Waals surface area contributed by atoms with Gasteiger partial charge in [0.05, 0.1) is 23.4 Å². The molecule has 168 valence electrons. The fraction of sp³-hybridized carbons (Fsp3) is 0.333. The average molecular weight is 471 g/mol. The van der Waals surface area contributed by atoms with Crippen LogP contribution in [0, 0.1) is 0 Å². The van der Waals surface area contributed by atoms with Crippen molar-refractivity contribution in [1.29, 1.82) is 0 Å². The van der Waals surface area contributed by atoms with Gasteiger partial charge in [-0.25, -0.2) is 0 Å². The van der Waals surface area contributed by atoms with Crippen LogP contribution in [0.4, 0.5) is 5.69 Å². The summed E-state index contributed by atoms with van der Waals surface area (Å²) >= 11 is 12.4. The molecule has 0 bridgehead atoms. The number of ether oxygens (including phenoxy) is 2. The summed E-state index contributed by atoms with van der Waals surface area (Å²) in [5, 5.41) is 4.65. The minimum absolute atomic E-state index is 0.0915. The predicted molar refractivity (Wildman–Crippen MR) is 132 cm³/mol. The van der Waals surface area contributed by atoms with Crippen molar-refractivity contribution >= 4 is 34.6 Å². The Balaban J connectivity index is 1.75.